The summed E-state index contributed by atoms with van der Waals surface area (Å²) < 4.78 is 10.8. The average Bonchev–Trinajstić information content (AvgIpc) is 2.49. The minimum Gasteiger partial charge on any atom is -0.508 e. The maximum absolute atomic E-state index is 9.70. The highest BCUT2D eigenvalue weighted by Gasteiger charge is 2.05. The van der Waals surface area contributed by atoms with Crippen molar-refractivity contribution in [3.05, 3.63) is 47.5 Å². The molecule has 0 radical (unpaired) electrons. The summed E-state index contributed by atoms with van der Waals surface area (Å²) in [5, 5.41) is 13.0. The van der Waals surface area contributed by atoms with Gasteiger partial charge in [0.15, 0.2) is 11.5 Å². The first kappa shape index (κ1) is 15.0. The number of rotatable bonds is 6. The predicted octanol–water partition coefficient (Wildman–Crippen LogP) is 3.72. The molecular weight excluding hydrogens is 266 g/mol. The molecule has 0 bridgehead atoms. The van der Waals surface area contributed by atoms with Crippen molar-refractivity contribution in [2.75, 3.05) is 19.0 Å². The van der Waals surface area contributed by atoms with E-state index in [9.17, 15) is 5.11 Å². The van der Waals surface area contributed by atoms with Crippen molar-refractivity contribution in [2.45, 2.75) is 20.4 Å². The van der Waals surface area contributed by atoms with Crippen molar-refractivity contribution in [1.29, 1.82) is 0 Å². The molecular formula is C17H21NO3. The number of aromatic hydroxyl groups is 1. The van der Waals surface area contributed by atoms with E-state index in [-0.39, 0.29) is 0 Å². The van der Waals surface area contributed by atoms with Crippen LogP contribution in [0.15, 0.2) is 36.4 Å². The van der Waals surface area contributed by atoms with Crippen LogP contribution in [-0.2, 0) is 6.54 Å². The van der Waals surface area contributed by atoms with E-state index in [4.69, 9.17) is 9.47 Å². The summed E-state index contributed by atoms with van der Waals surface area (Å²) >= 11 is 0. The molecule has 0 amide bonds. The van der Waals surface area contributed by atoms with Crippen LogP contribution in [0.4, 0.5) is 5.69 Å². The van der Waals surface area contributed by atoms with E-state index in [0.29, 0.717) is 18.9 Å². The second-order valence-corrected chi connectivity index (χ2v) is 4.77. The lowest BCUT2D eigenvalue weighted by atomic mass is 10.1. The fourth-order valence-electron chi connectivity index (χ4n) is 2.02. The van der Waals surface area contributed by atoms with Gasteiger partial charge in [0.1, 0.15) is 5.75 Å². The number of aryl methyl sites for hydroxylation is 1. The van der Waals surface area contributed by atoms with Crippen molar-refractivity contribution >= 4 is 5.69 Å². The number of benzene rings is 2. The van der Waals surface area contributed by atoms with Crippen LogP contribution in [0.1, 0.15) is 18.1 Å². The van der Waals surface area contributed by atoms with Gasteiger partial charge in [-0.3, -0.25) is 0 Å². The van der Waals surface area contributed by atoms with Gasteiger partial charge in [0.25, 0.3) is 0 Å². The number of anilines is 1. The maximum atomic E-state index is 9.70. The molecule has 2 rings (SSSR count). The van der Waals surface area contributed by atoms with E-state index >= 15 is 0 Å². The first-order valence-electron chi connectivity index (χ1n) is 6.97. The van der Waals surface area contributed by atoms with Gasteiger partial charge in [-0.2, -0.15) is 0 Å². The first-order valence-corrected chi connectivity index (χ1v) is 6.97. The van der Waals surface area contributed by atoms with Gasteiger partial charge in [-0.25, -0.2) is 0 Å². The Labute approximate surface area is 125 Å². The van der Waals surface area contributed by atoms with Crippen LogP contribution in [0.2, 0.25) is 0 Å². The monoisotopic (exact) mass is 287 g/mol. The van der Waals surface area contributed by atoms with Crippen molar-refractivity contribution < 1.29 is 14.6 Å². The normalized spacial score (nSPS) is 10.2. The highest BCUT2D eigenvalue weighted by Crippen LogP contribution is 2.28. The molecule has 0 unspecified atom stereocenters. The molecule has 112 valence electrons. The van der Waals surface area contributed by atoms with Crippen LogP contribution in [0, 0.1) is 6.92 Å². The third kappa shape index (κ3) is 3.81. The Morgan fingerprint density at radius 3 is 2.57 bits per heavy atom. The van der Waals surface area contributed by atoms with Gasteiger partial charge in [-0.15, -0.1) is 0 Å². The lowest BCUT2D eigenvalue weighted by Gasteiger charge is -2.12. The highest BCUT2D eigenvalue weighted by atomic mass is 16.5. The second kappa shape index (κ2) is 6.88. The van der Waals surface area contributed by atoms with Crippen molar-refractivity contribution in [2.24, 2.45) is 0 Å². The molecule has 0 heterocycles. The zero-order valence-electron chi connectivity index (χ0n) is 12.6. The number of methoxy groups -OCH3 is 1. The maximum Gasteiger partial charge on any atom is 0.161 e. The van der Waals surface area contributed by atoms with Crippen LogP contribution >= 0.6 is 0 Å². The molecule has 2 N–H and O–H groups in total. The largest absolute Gasteiger partial charge is 0.508 e. The summed E-state index contributed by atoms with van der Waals surface area (Å²) in [5.74, 6) is 1.77. The minimum atomic E-state index is 0.296. The smallest absolute Gasteiger partial charge is 0.161 e. The summed E-state index contributed by atoms with van der Waals surface area (Å²) in [6.45, 7) is 5.06. The fraction of sp³-hybridized carbons (Fsp3) is 0.294. The molecule has 0 aliphatic heterocycles. The Bertz CT molecular complexity index is 611. The number of hydrogen-bond acceptors (Lipinski definition) is 4. The first-order chi connectivity index (χ1) is 10.1. The van der Waals surface area contributed by atoms with Crippen LogP contribution < -0.4 is 14.8 Å². The molecule has 0 spiro atoms. The van der Waals surface area contributed by atoms with E-state index in [1.807, 2.05) is 44.2 Å². The molecule has 21 heavy (non-hydrogen) atoms. The molecule has 2 aromatic rings. The van der Waals surface area contributed by atoms with Crippen LogP contribution in [0.25, 0.3) is 0 Å². The zero-order chi connectivity index (χ0) is 15.2. The molecule has 0 saturated heterocycles. The summed E-state index contributed by atoms with van der Waals surface area (Å²) in [4.78, 5) is 0. The number of phenolic OH excluding ortho intramolecular Hbond substituents is 1. The summed E-state index contributed by atoms with van der Waals surface area (Å²) in [5.41, 5.74) is 2.83. The highest BCUT2D eigenvalue weighted by molar-refractivity contribution is 5.52. The molecule has 0 atom stereocenters. The van der Waals surface area contributed by atoms with Crippen LogP contribution in [0.5, 0.6) is 17.2 Å². The van der Waals surface area contributed by atoms with E-state index in [0.717, 1.165) is 28.3 Å². The summed E-state index contributed by atoms with van der Waals surface area (Å²) in [7, 11) is 1.63. The van der Waals surface area contributed by atoms with Crippen molar-refractivity contribution in [1.82, 2.24) is 0 Å². The van der Waals surface area contributed by atoms with Crippen molar-refractivity contribution in [3.8, 4) is 17.2 Å². The topological polar surface area (TPSA) is 50.7 Å². The lowest BCUT2D eigenvalue weighted by molar-refractivity contribution is 0.310. The second-order valence-electron chi connectivity index (χ2n) is 4.77. The Kier molecular flexibility index (Phi) is 4.93. The molecule has 0 fully saturated rings. The molecule has 0 saturated carbocycles. The van der Waals surface area contributed by atoms with Crippen molar-refractivity contribution in [3.63, 3.8) is 0 Å². The number of phenols is 1. The molecule has 0 aliphatic carbocycles. The SMILES string of the molecule is CCOc1cc(CNc2ccc(C)c(O)c2)ccc1OC. The van der Waals surface area contributed by atoms with Crippen LogP contribution in [-0.4, -0.2) is 18.8 Å². The van der Waals surface area contributed by atoms with E-state index < -0.39 is 0 Å². The third-order valence-electron chi connectivity index (χ3n) is 3.23. The van der Waals surface area contributed by atoms with Crippen LogP contribution in [0.3, 0.4) is 0 Å². The molecule has 0 aliphatic rings. The van der Waals surface area contributed by atoms with Gasteiger partial charge in [-0.1, -0.05) is 12.1 Å². The third-order valence-corrected chi connectivity index (χ3v) is 3.23. The molecule has 4 nitrogen and oxygen atoms in total. The van der Waals surface area contributed by atoms with E-state index in [1.165, 1.54) is 0 Å². The van der Waals surface area contributed by atoms with Gasteiger partial charge in [0.2, 0.25) is 0 Å². The zero-order valence-corrected chi connectivity index (χ0v) is 12.6. The minimum absolute atomic E-state index is 0.296. The number of nitrogens with one attached hydrogen (secondary N) is 1. The quantitative estimate of drug-likeness (QED) is 0.850. The molecule has 2 aromatic carbocycles. The van der Waals surface area contributed by atoms with Gasteiger partial charge >= 0.3 is 0 Å². The Morgan fingerprint density at radius 1 is 1.10 bits per heavy atom. The van der Waals surface area contributed by atoms with E-state index in [1.54, 1.807) is 13.2 Å². The molecule has 4 heteroatoms. The number of ether oxygens (including phenoxy) is 2. The average molecular weight is 287 g/mol. The molecule has 0 aromatic heterocycles. The lowest BCUT2D eigenvalue weighted by Crippen LogP contribution is -2.01. The predicted molar refractivity (Wildman–Crippen MR) is 84.3 cm³/mol. The van der Waals surface area contributed by atoms with Gasteiger partial charge < -0.3 is 19.9 Å². The summed E-state index contributed by atoms with van der Waals surface area (Å²) in [6.07, 6.45) is 0. The fourth-order valence-corrected chi connectivity index (χ4v) is 2.02. The Morgan fingerprint density at radius 2 is 1.90 bits per heavy atom. The Balaban J connectivity index is 2.08. The van der Waals surface area contributed by atoms with Gasteiger partial charge in [0, 0.05) is 18.3 Å². The standard InChI is InChI=1S/C17H21NO3/c1-4-21-17-9-13(6-8-16(17)20-3)11-18-14-7-5-12(2)15(19)10-14/h5-10,18-19H,4,11H2,1-3H3. The van der Waals surface area contributed by atoms with Gasteiger partial charge in [0.05, 0.1) is 13.7 Å². The van der Waals surface area contributed by atoms with E-state index in [2.05, 4.69) is 5.32 Å². The Hall–Kier alpha value is -2.36. The van der Waals surface area contributed by atoms with Gasteiger partial charge in [-0.05, 0) is 43.2 Å². The summed E-state index contributed by atoms with van der Waals surface area (Å²) in [6, 6.07) is 11.4. The number of hydrogen-bond donors (Lipinski definition) is 2.